The second-order valence-electron chi connectivity index (χ2n) is 3.61. The zero-order chi connectivity index (χ0) is 8.27. The second-order valence-corrected chi connectivity index (χ2v) is 4.83. The molecule has 1 unspecified atom stereocenters. The van der Waals surface area contributed by atoms with Gasteiger partial charge in [-0.2, -0.15) is 0 Å². The zero-order valence-corrected chi connectivity index (χ0v) is 9.50. The van der Waals surface area contributed by atoms with E-state index in [9.17, 15) is 0 Å². The minimum absolute atomic E-state index is 0.445. The molecule has 0 aliphatic heterocycles. The molecular weight excluding hydrogens is 251 g/mol. The highest BCUT2D eigenvalue weighted by Gasteiger charge is 2.23. The predicted molar refractivity (Wildman–Crippen MR) is 55.9 cm³/mol. The number of hydrogen-bond donors (Lipinski definition) is 0. The molecule has 1 saturated carbocycles. The number of halogens is 1. The van der Waals surface area contributed by atoms with Crippen molar-refractivity contribution < 1.29 is 4.74 Å². The monoisotopic (exact) mass is 268 g/mol. The molecule has 1 atom stereocenters. The summed E-state index contributed by atoms with van der Waals surface area (Å²) in [5.41, 5.74) is 0. The van der Waals surface area contributed by atoms with Crippen LogP contribution in [0.5, 0.6) is 0 Å². The van der Waals surface area contributed by atoms with E-state index in [2.05, 4.69) is 29.5 Å². The van der Waals surface area contributed by atoms with E-state index in [0.29, 0.717) is 4.11 Å². The van der Waals surface area contributed by atoms with Gasteiger partial charge in [0.1, 0.15) is 4.11 Å². The average molecular weight is 268 g/mol. The number of alkyl halides is 1. The Morgan fingerprint density at radius 1 is 1.27 bits per heavy atom. The van der Waals surface area contributed by atoms with Crippen LogP contribution in [-0.4, -0.2) is 11.2 Å². The van der Waals surface area contributed by atoms with Crippen LogP contribution in [0, 0.1) is 11.8 Å². The van der Waals surface area contributed by atoms with Gasteiger partial charge in [-0.3, -0.25) is 0 Å². The molecule has 0 amide bonds. The Hall–Kier alpha value is 0.690. The first-order chi connectivity index (χ1) is 5.24. The SMILES string of the molecule is COC(I)C1CCC(C)CC1. The van der Waals surface area contributed by atoms with Crippen molar-refractivity contribution >= 4 is 22.6 Å². The normalized spacial score (nSPS) is 35.2. The quantitative estimate of drug-likeness (QED) is 0.552. The molecule has 66 valence electrons. The second kappa shape index (κ2) is 4.65. The van der Waals surface area contributed by atoms with Gasteiger partial charge in [0.25, 0.3) is 0 Å². The van der Waals surface area contributed by atoms with E-state index < -0.39 is 0 Å². The maximum absolute atomic E-state index is 5.31. The van der Waals surface area contributed by atoms with Gasteiger partial charge in [0, 0.05) is 7.11 Å². The van der Waals surface area contributed by atoms with Crippen LogP contribution >= 0.6 is 22.6 Å². The van der Waals surface area contributed by atoms with Crippen LogP contribution in [0.1, 0.15) is 32.6 Å². The minimum atomic E-state index is 0.445. The van der Waals surface area contributed by atoms with Gasteiger partial charge in [-0.05, 0) is 24.7 Å². The van der Waals surface area contributed by atoms with Gasteiger partial charge in [-0.25, -0.2) is 0 Å². The molecular formula is C9H17IO. The fourth-order valence-corrected chi connectivity index (χ4v) is 2.46. The number of rotatable bonds is 2. The highest BCUT2D eigenvalue weighted by atomic mass is 127. The van der Waals surface area contributed by atoms with Crippen LogP contribution < -0.4 is 0 Å². The summed E-state index contributed by atoms with van der Waals surface area (Å²) in [5.74, 6) is 1.77. The van der Waals surface area contributed by atoms with Crippen molar-refractivity contribution in [3.05, 3.63) is 0 Å². The maximum Gasteiger partial charge on any atom is 0.111 e. The lowest BCUT2D eigenvalue weighted by Gasteiger charge is -2.28. The molecule has 1 aliphatic rings. The summed E-state index contributed by atoms with van der Waals surface area (Å²) in [7, 11) is 1.81. The first-order valence-corrected chi connectivity index (χ1v) is 5.65. The first kappa shape index (κ1) is 9.78. The molecule has 0 spiro atoms. The minimum Gasteiger partial charge on any atom is -0.371 e. The molecule has 0 bridgehead atoms. The Morgan fingerprint density at radius 3 is 2.27 bits per heavy atom. The summed E-state index contributed by atoms with van der Waals surface area (Å²) in [6.07, 6.45) is 5.52. The summed E-state index contributed by atoms with van der Waals surface area (Å²) >= 11 is 2.41. The van der Waals surface area contributed by atoms with E-state index in [1.54, 1.807) is 0 Å². The lowest BCUT2D eigenvalue weighted by molar-refractivity contribution is 0.106. The Balaban J connectivity index is 2.27. The summed E-state index contributed by atoms with van der Waals surface area (Å²) in [5, 5.41) is 0. The predicted octanol–water partition coefficient (Wildman–Crippen LogP) is 3.22. The van der Waals surface area contributed by atoms with Crippen LogP contribution in [0.4, 0.5) is 0 Å². The fraction of sp³-hybridized carbons (Fsp3) is 1.00. The summed E-state index contributed by atoms with van der Waals surface area (Å²) in [6.45, 7) is 2.35. The Bertz CT molecular complexity index is 108. The molecule has 11 heavy (non-hydrogen) atoms. The van der Waals surface area contributed by atoms with E-state index in [1.807, 2.05) is 7.11 Å². The van der Waals surface area contributed by atoms with Crippen molar-refractivity contribution in [2.45, 2.75) is 36.7 Å². The van der Waals surface area contributed by atoms with Crippen molar-refractivity contribution in [3.8, 4) is 0 Å². The van der Waals surface area contributed by atoms with Crippen LogP contribution in [-0.2, 0) is 4.74 Å². The van der Waals surface area contributed by atoms with Gasteiger partial charge in [0.05, 0.1) is 0 Å². The fourth-order valence-electron chi connectivity index (χ4n) is 1.74. The van der Waals surface area contributed by atoms with Crippen LogP contribution in [0.2, 0.25) is 0 Å². The molecule has 2 heteroatoms. The summed E-state index contributed by atoms with van der Waals surface area (Å²) in [6, 6.07) is 0. The van der Waals surface area contributed by atoms with Gasteiger partial charge >= 0.3 is 0 Å². The largest absolute Gasteiger partial charge is 0.371 e. The molecule has 0 aromatic rings. The Morgan fingerprint density at radius 2 is 1.82 bits per heavy atom. The molecule has 0 heterocycles. The number of ether oxygens (including phenoxy) is 1. The van der Waals surface area contributed by atoms with Crippen molar-refractivity contribution in [2.24, 2.45) is 11.8 Å². The molecule has 1 fully saturated rings. The number of hydrogen-bond acceptors (Lipinski definition) is 1. The highest BCUT2D eigenvalue weighted by molar-refractivity contribution is 14.1. The summed E-state index contributed by atoms with van der Waals surface area (Å²) in [4.78, 5) is 0. The third kappa shape index (κ3) is 2.90. The highest BCUT2D eigenvalue weighted by Crippen LogP contribution is 2.33. The Labute approximate surface area is 83.0 Å². The van der Waals surface area contributed by atoms with E-state index in [1.165, 1.54) is 25.7 Å². The average Bonchev–Trinajstić information content (AvgIpc) is 2.05. The van der Waals surface area contributed by atoms with Crippen LogP contribution in [0.15, 0.2) is 0 Å². The lowest BCUT2D eigenvalue weighted by atomic mass is 9.83. The van der Waals surface area contributed by atoms with Crippen molar-refractivity contribution in [1.82, 2.24) is 0 Å². The molecule has 0 aromatic heterocycles. The van der Waals surface area contributed by atoms with E-state index in [-0.39, 0.29) is 0 Å². The van der Waals surface area contributed by atoms with Crippen molar-refractivity contribution in [2.75, 3.05) is 7.11 Å². The molecule has 0 N–H and O–H groups in total. The van der Waals surface area contributed by atoms with Gasteiger partial charge in [-0.1, -0.05) is 42.4 Å². The third-order valence-corrected chi connectivity index (χ3v) is 4.18. The number of methoxy groups -OCH3 is 1. The van der Waals surface area contributed by atoms with Gasteiger partial charge in [0.15, 0.2) is 0 Å². The lowest BCUT2D eigenvalue weighted by Crippen LogP contribution is -2.21. The zero-order valence-electron chi connectivity index (χ0n) is 7.35. The molecule has 0 aromatic carbocycles. The standard InChI is InChI=1S/C9H17IO/c1-7-3-5-8(6-4-7)9(10)11-2/h7-9H,3-6H2,1-2H3. The van der Waals surface area contributed by atoms with Crippen molar-refractivity contribution in [1.29, 1.82) is 0 Å². The van der Waals surface area contributed by atoms with Crippen LogP contribution in [0.3, 0.4) is 0 Å². The molecule has 1 nitrogen and oxygen atoms in total. The smallest absolute Gasteiger partial charge is 0.111 e. The third-order valence-electron chi connectivity index (χ3n) is 2.66. The molecule has 1 rings (SSSR count). The van der Waals surface area contributed by atoms with Gasteiger partial charge in [-0.15, -0.1) is 0 Å². The summed E-state index contributed by atoms with van der Waals surface area (Å²) < 4.78 is 5.76. The molecule has 0 saturated heterocycles. The van der Waals surface area contributed by atoms with E-state index >= 15 is 0 Å². The molecule has 0 radical (unpaired) electrons. The van der Waals surface area contributed by atoms with Gasteiger partial charge in [0.2, 0.25) is 0 Å². The Kier molecular flexibility index (Phi) is 4.13. The first-order valence-electron chi connectivity index (χ1n) is 4.41. The van der Waals surface area contributed by atoms with E-state index in [0.717, 1.165) is 11.8 Å². The topological polar surface area (TPSA) is 9.23 Å². The van der Waals surface area contributed by atoms with Crippen LogP contribution in [0.25, 0.3) is 0 Å². The van der Waals surface area contributed by atoms with E-state index in [4.69, 9.17) is 4.74 Å². The van der Waals surface area contributed by atoms with Crippen molar-refractivity contribution in [3.63, 3.8) is 0 Å². The maximum atomic E-state index is 5.31. The van der Waals surface area contributed by atoms with Gasteiger partial charge < -0.3 is 4.74 Å². The molecule has 1 aliphatic carbocycles.